The van der Waals surface area contributed by atoms with Crippen LogP contribution in [0.2, 0.25) is 0 Å². The van der Waals surface area contributed by atoms with Gasteiger partial charge in [0.1, 0.15) is 17.9 Å². The molecule has 0 radical (unpaired) electrons. The molecule has 53 heavy (non-hydrogen) atoms. The predicted molar refractivity (Wildman–Crippen MR) is 197 cm³/mol. The van der Waals surface area contributed by atoms with Gasteiger partial charge in [0.2, 0.25) is 0 Å². The summed E-state index contributed by atoms with van der Waals surface area (Å²) >= 11 is 0. The molecule has 2 aliphatic heterocycles. The third-order valence-electron chi connectivity index (χ3n) is 9.69. The van der Waals surface area contributed by atoms with E-state index in [0.29, 0.717) is 36.5 Å². The Kier molecular flexibility index (Phi) is 16.5. The molecule has 15 nitrogen and oxygen atoms in total. The number of nitrogens with zero attached hydrogens (tertiary/aromatic N) is 7. The Hall–Kier alpha value is -4.25. The van der Waals surface area contributed by atoms with Crippen molar-refractivity contribution in [1.82, 2.24) is 29.9 Å². The van der Waals surface area contributed by atoms with E-state index in [1.54, 1.807) is 12.0 Å². The van der Waals surface area contributed by atoms with Gasteiger partial charge in [0.15, 0.2) is 5.82 Å². The van der Waals surface area contributed by atoms with Crippen LogP contribution >= 0.6 is 0 Å². The fourth-order valence-electron chi connectivity index (χ4n) is 7.02. The minimum atomic E-state index is -1.26. The molecule has 2 aliphatic rings. The number of amides is 1. The molecular formula is C37H56FN7O8. The Labute approximate surface area is 311 Å². The molecule has 16 heteroatoms. The zero-order chi connectivity index (χ0) is 39.3. The van der Waals surface area contributed by atoms with Crippen LogP contribution in [-0.4, -0.2) is 148 Å². The highest BCUT2D eigenvalue weighted by Gasteiger charge is 2.50. The molecule has 3 N–H and O–H groups in total. The van der Waals surface area contributed by atoms with Crippen molar-refractivity contribution in [3.8, 4) is 11.6 Å². The first kappa shape index (κ1) is 43.2. The molecule has 0 saturated carbocycles. The summed E-state index contributed by atoms with van der Waals surface area (Å²) in [5, 5.41) is 33.3. The van der Waals surface area contributed by atoms with Crippen molar-refractivity contribution in [2.45, 2.75) is 72.1 Å². The van der Waals surface area contributed by atoms with Crippen molar-refractivity contribution in [3.63, 3.8) is 0 Å². The van der Waals surface area contributed by atoms with Crippen molar-refractivity contribution in [3.05, 3.63) is 48.1 Å². The fourth-order valence-corrected chi connectivity index (χ4v) is 7.02. The van der Waals surface area contributed by atoms with E-state index in [-0.39, 0.29) is 47.3 Å². The number of hydrogen-bond donors (Lipinski definition) is 3. The van der Waals surface area contributed by atoms with Gasteiger partial charge in [-0.05, 0) is 77.7 Å². The number of hydrogen-bond acceptors (Lipinski definition) is 12. The number of ether oxygens (including phenoxy) is 2. The van der Waals surface area contributed by atoms with Crippen LogP contribution in [0.1, 0.15) is 64.2 Å². The first-order valence-corrected chi connectivity index (χ1v) is 18.0. The lowest BCUT2D eigenvalue weighted by Gasteiger charge is -2.53. The Morgan fingerprint density at radius 1 is 1.09 bits per heavy atom. The molecule has 3 heterocycles. The summed E-state index contributed by atoms with van der Waals surface area (Å²) in [5.41, 5.74) is 0.321. The molecule has 2 atom stereocenters. The topological polar surface area (TPSA) is 182 Å². The number of likely N-dealkylation sites (N-methyl/N-ethyl adjacent to an activating group) is 1. The Morgan fingerprint density at radius 3 is 2.34 bits per heavy atom. The van der Waals surface area contributed by atoms with Crippen LogP contribution in [0, 0.1) is 17.2 Å². The number of carboxylic acids is 2. The van der Waals surface area contributed by atoms with Gasteiger partial charge in [-0.3, -0.25) is 9.69 Å². The van der Waals surface area contributed by atoms with E-state index < -0.39 is 17.8 Å². The van der Waals surface area contributed by atoms with Crippen molar-refractivity contribution in [1.29, 1.82) is 0 Å². The molecule has 1 spiro atoms. The van der Waals surface area contributed by atoms with Crippen molar-refractivity contribution < 1.29 is 43.6 Å². The Morgan fingerprint density at radius 2 is 1.77 bits per heavy atom. The second kappa shape index (κ2) is 20.3. The lowest BCUT2D eigenvalue weighted by Crippen LogP contribution is -2.62. The van der Waals surface area contributed by atoms with Crippen LogP contribution in [0.3, 0.4) is 0 Å². The number of likely N-dealkylation sites (tertiary alicyclic amines) is 1. The van der Waals surface area contributed by atoms with E-state index >= 15 is 0 Å². The van der Waals surface area contributed by atoms with Crippen LogP contribution in [-0.2, 0) is 14.3 Å². The summed E-state index contributed by atoms with van der Waals surface area (Å²) in [6.45, 7) is 16.3. The summed E-state index contributed by atoms with van der Waals surface area (Å²) in [4.78, 5) is 45.7. The van der Waals surface area contributed by atoms with Crippen molar-refractivity contribution >= 4 is 23.7 Å². The second-order valence-corrected chi connectivity index (χ2v) is 14.4. The zero-order valence-electron chi connectivity index (χ0n) is 31.9. The van der Waals surface area contributed by atoms with Gasteiger partial charge >= 0.3 is 11.9 Å². The number of methoxy groups -OCH3 is 1. The first-order valence-electron chi connectivity index (χ1n) is 18.0. The second-order valence-electron chi connectivity index (χ2n) is 14.4. The molecule has 294 valence electrons. The minimum Gasteiger partial charge on any atom is -0.478 e. The number of aromatic nitrogens is 3. The predicted octanol–water partition coefficient (Wildman–Crippen LogP) is 3.64. The molecule has 0 bridgehead atoms. The fraction of sp³-hybridized carbons (Fsp3) is 0.622. The highest BCUT2D eigenvalue weighted by molar-refractivity contribution is 5.97. The maximum absolute atomic E-state index is 14.3. The van der Waals surface area contributed by atoms with Gasteiger partial charge in [0.05, 0.1) is 18.3 Å². The van der Waals surface area contributed by atoms with Gasteiger partial charge in [-0.25, -0.2) is 19.0 Å². The number of benzene rings is 1. The van der Waals surface area contributed by atoms with Crippen LogP contribution in [0.25, 0.3) is 0 Å². The normalized spacial score (nSPS) is 16.5. The summed E-state index contributed by atoms with van der Waals surface area (Å²) in [6, 6.07) is 4.43. The molecule has 2 fully saturated rings. The van der Waals surface area contributed by atoms with Crippen LogP contribution in [0.5, 0.6) is 11.6 Å². The number of carbonyl (C=O) groups is 3. The number of carbonyl (C=O) groups excluding carboxylic acids is 1. The Balaban J connectivity index is 0.000000846. The minimum absolute atomic E-state index is 0.0317. The molecule has 4 rings (SSSR count). The largest absolute Gasteiger partial charge is 0.478 e. The standard InChI is InChI=1S/C33H52FN7O4.C4H4O4/c1-8-41(24(4)5)32(43)27-16-25(34)11-12-29(27)45-31-30(35-22-36-37-31)39-15-13-33(19-39)20-40(21-33)28(23(2)3)10-9-14-38(6)17-26(18-42)44-7;5-3(6)1-2-4(7)8/h11-12,16,22-24,26,28,42H,8-10,13-15,17-21H2,1-7H3;1-2H,(H,5,6)(H,7,8)/b;2-1+/t26?,28-;/m1./s1. The SMILES string of the molecule is CCN(C(=O)c1cc(F)ccc1Oc1nncnc1N1CCC2(C1)CN([C@H](CCCN(C)CC(CO)OC)C(C)C)C2)C(C)C.O=C(O)/C=C/C(=O)O. The lowest BCUT2D eigenvalue weighted by atomic mass is 9.76. The molecule has 1 unspecified atom stereocenters. The summed E-state index contributed by atoms with van der Waals surface area (Å²) in [7, 11) is 3.72. The maximum Gasteiger partial charge on any atom is 0.328 e. The number of aliphatic hydroxyl groups is 1. The monoisotopic (exact) mass is 745 g/mol. The van der Waals surface area contributed by atoms with Gasteiger partial charge in [0.25, 0.3) is 11.8 Å². The average Bonchev–Trinajstić information content (AvgIpc) is 3.54. The summed E-state index contributed by atoms with van der Waals surface area (Å²) in [6.07, 6.45) is 5.63. The molecule has 2 saturated heterocycles. The number of halogens is 1. The van der Waals surface area contributed by atoms with Crippen LogP contribution in [0.4, 0.5) is 10.2 Å². The van der Waals surface area contributed by atoms with Gasteiger partial charge in [-0.15, -0.1) is 10.2 Å². The zero-order valence-corrected chi connectivity index (χ0v) is 31.9. The van der Waals surface area contributed by atoms with E-state index in [0.717, 1.165) is 58.5 Å². The molecule has 0 aliphatic carbocycles. The average molecular weight is 746 g/mol. The Bertz CT molecular complexity index is 1520. The maximum atomic E-state index is 14.3. The van der Waals surface area contributed by atoms with E-state index in [1.807, 2.05) is 20.8 Å². The molecule has 1 aromatic heterocycles. The third kappa shape index (κ3) is 12.4. The van der Waals surface area contributed by atoms with Crippen LogP contribution in [0.15, 0.2) is 36.7 Å². The van der Waals surface area contributed by atoms with E-state index in [2.05, 4.69) is 50.8 Å². The summed E-state index contributed by atoms with van der Waals surface area (Å²) in [5.74, 6) is -1.75. The van der Waals surface area contributed by atoms with Gasteiger partial charge < -0.3 is 39.5 Å². The molecule has 1 aromatic carbocycles. The van der Waals surface area contributed by atoms with E-state index in [4.69, 9.17) is 19.7 Å². The molecule has 1 amide bonds. The molecular weight excluding hydrogens is 689 g/mol. The number of aliphatic carboxylic acids is 2. The van der Waals surface area contributed by atoms with E-state index in [9.17, 15) is 23.9 Å². The number of aliphatic hydroxyl groups excluding tert-OH is 1. The quantitative estimate of drug-likeness (QED) is 0.188. The van der Waals surface area contributed by atoms with E-state index in [1.165, 1.54) is 24.5 Å². The lowest BCUT2D eigenvalue weighted by molar-refractivity contribution is -0.134. The van der Waals surface area contributed by atoms with Gasteiger partial charge in [-0.1, -0.05) is 13.8 Å². The van der Waals surface area contributed by atoms with Crippen molar-refractivity contribution in [2.75, 3.05) is 71.5 Å². The number of carboxylic acid groups (broad SMARTS) is 2. The third-order valence-corrected chi connectivity index (χ3v) is 9.69. The molecule has 2 aromatic rings. The number of anilines is 1. The van der Waals surface area contributed by atoms with Gasteiger partial charge in [-0.2, -0.15) is 0 Å². The highest BCUT2D eigenvalue weighted by atomic mass is 19.1. The van der Waals surface area contributed by atoms with Crippen molar-refractivity contribution in [2.24, 2.45) is 11.3 Å². The van der Waals surface area contributed by atoms with Gasteiger partial charge in [0, 0.05) is 76.0 Å². The first-order chi connectivity index (χ1) is 25.1. The highest BCUT2D eigenvalue weighted by Crippen LogP contribution is 2.44. The summed E-state index contributed by atoms with van der Waals surface area (Å²) < 4.78 is 25.8. The van der Waals surface area contributed by atoms with Crippen LogP contribution < -0.4 is 9.64 Å². The number of rotatable bonds is 18. The smallest absolute Gasteiger partial charge is 0.328 e.